The summed E-state index contributed by atoms with van der Waals surface area (Å²) in [4.78, 5) is 12.2. The number of hydrogen-bond donors (Lipinski definition) is 2. The van der Waals surface area contributed by atoms with Crippen molar-refractivity contribution in [3.8, 4) is 0 Å². The molecule has 130 valence electrons. The van der Waals surface area contributed by atoms with E-state index in [-0.39, 0.29) is 17.7 Å². The Hall–Kier alpha value is -2.48. The third-order valence-electron chi connectivity index (χ3n) is 4.21. The third kappa shape index (κ3) is 3.34. The van der Waals surface area contributed by atoms with Crippen LogP contribution < -0.4 is 11.2 Å². The lowest BCUT2D eigenvalue weighted by molar-refractivity contribution is -0.119. The Morgan fingerprint density at radius 2 is 2.24 bits per heavy atom. The Morgan fingerprint density at radius 1 is 1.44 bits per heavy atom. The zero-order valence-electron chi connectivity index (χ0n) is 13.8. The molecular weight excluding hydrogens is 338 g/mol. The molecule has 3 aromatic rings. The van der Waals surface area contributed by atoms with Gasteiger partial charge in [0.05, 0.1) is 11.8 Å². The van der Waals surface area contributed by atoms with Crippen molar-refractivity contribution in [2.45, 2.75) is 36.9 Å². The minimum atomic E-state index is -0.210. The number of nitrogen functional groups attached to an aromatic ring is 1. The molecule has 0 saturated heterocycles. The number of fused-ring (bicyclic) bond motifs is 1. The highest BCUT2D eigenvalue weighted by Crippen LogP contribution is 2.39. The van der Waals surface area contributed by atoms with E-state index in [0.717, 1.165) is 35.4 Å². The van der Waals surface area contributed by atoms with Crippen molar-refractivity contribution in [1.29, 1.82) is 0 Å². The number of carbonyl (C=O) groups excluding carboxylic acids is 1. The highest BCUT2D eigenvalue weighted by molar-refractivity contribution is 7.99. The molecule has 25 heavy (non-hydrogen) atoms. The molecule has 1 fully saturated rings. The standard InChI is InChI=1S/C17H19N5O2S/c1-10(14-8-12-4-2-3-5-13(12)24-14)19-15(23)9-25-17-21-20-16(22(17)18)11-6-7-11/h2-5,8,10-11H,6-7,9,18H2,1H3,(H,19,23)/t10-/m1/s1. The summed E-state index contributed by atoms with van der Waals surface area (Å²) in [6.45, 7) is 1.90. The first-order chi connectivity index (χ1) is 12.1. The van der Waals surface area contributed by atoms with E-state index in [0.29, 0.717) is 11.1 Å². The van der Waals surface area contributed by atoms with Gasteiger partial charge in [-0.1, -0.05) is 30.0 Å². The van der Waals surface area contributed by atoms with Gasteiger partial charge < -0.3 is 15.6 Å². The fraction of sp³-hybridized carbons (Fsp3) is 0.353. The normalized spacial score (nSPS) is 15.4. The number of thioether (sulfide) groups is 1. The van der Waals surface area contributed by atoms with E-state index in [1.165, 1.54) is 16.4 Å². The zero-order valence-corrected chi connectivity index (χ0v) is 14.6. The molecule has 7 nitrogen and oxygen atoms in total. The summed E-state index contributed by atoms with van der Waals surface area (Å²) >= 11 is 1.29. The van der Waals surface area contributed by atoms with Crippen LogP contribution in [0.2, 0.25) is 0 Å². The van der Waals surface area contributed by atoms with E-state index in [1.807, 2.05) is 37.3 Å². The van der Waals surface area contributed by atoms with Crippen LogP contribution >= 0.6 is 11.8 Å². The minimum Gasteiger partial charge on any atom is -0.459 e. The predicted octanol–water partition coefficient (Wildman–Crippen LogP) is 2.59. The fourth-order valence-electron chi connectivity index (χ4n) is 2.71. The van der Waals surface area contributed by atoms with Crippen LogP contribution in [0.5, 0.6) is 0 Å². The Labute approximate surface area is 148 Å². The third-order valence-corrected chi connectivity index (χ3v) is 5.16. The van der Waals surface area contributed by atoms with Crippen LogP contribution in [-0.4, -0.2) is 26.5 Å². The average Bonchev–Trinajstić information content (AvgIpc) is 3.23. The van der Waals surface area contributed by atoms with Crippen molar-refractivity contribution in [2.75, 3.05) is 11.6 Å². The molecule has 0 spiro atoms. The van der Waals surface area contributed by atoms with Crippen molar-refractivity contribution >= 4 is 28.6 Å². The zero-order chi connectivity index (χ0) is 17.4. The van der Waals surface area contributed by atoms with Crippen molar-refractivity contribution in [3.05, 3.63) is 41.9 Å². The van der Waals surface area contributed by atoms with Crippen LogP contribution in [0, 0.1) is 0 Å². The first-order valence-electron chi connectivity index (χ1n) is 8.23. The monoisotopic (exact) mass is 357 g/mol. The van der Waals surface area contributed by atoms with Gasteiger partial charge >= 0.3 is 0 Å². The first-order valence-corrected chi connectivity index (χ1v) is 9.21. The van der Waals surface area contributed by atoms with Gasteiger partial charge in [0.25, 0.3) is 0 Å². The molecule has 0 radical (unpaired) electrons. The van der Waals surface area contributed by atoms with Gasteiger partial charge in [-0.3, -0.25) is 4.79 Å². The molecule has 1 amide bonds. The Morgan fingerprint density at radius 3 is 3.00 bits per heavy atom. The van der Waals surface area contributed by atoms with Gasteiger partial charge in [0.2, 0.25) is 11.1 Å². The van der Waals surface area contributed by atoms with E-state index in [1.54, 1.807) is 0 Å². The molecule has 0 aliphatic heterocycles. The number of carbonyl (C=O) groups is 1. The second kappa shape index (κ2) is 6.44. The Bertz CT molecular complexity index is 882. The molecule has 2 aromatic heterocycles. The number of hydrogen-bond acceptors (Lipinski definition) is 6. The van der Waals surface area contributed by atoms with E-state index >= 15 is 0 Å². The van der Waals surface area contributed by atoms with Gasteiger partial charge in [-0.15, -0.1) is 10.2 Å². The summed E-state index contributed by atoms with van der Waals surface area (Å²) in [5.74, 6) is 8.08. The topological polar surface area (TPSA) is 99.0 Å². The molecule has 1 saturated carbocycles. The lowest BCUT2D eigenvalue weighted by Crippen LogP contribution is -2.28. The molecule has 0 unspecified atom stereocenters. The van der Waals surface area contributed by atoms with Gasteiger partial charge in [-0.2, -0.15) is 0 Å². The number of para-hydroxylation sites is 1. The molecule has 1 aliphatic carbocycles. The summed E-state index contributed by atoms with van der Waals surface area (Å²) < 4.78 is 7.28. The number of benzene rings is 1. The van der Waals surface area contributed by atoms with Crippen LogP contribution in [0.25, 0.3) is 11.0 Å². The molecule has 4 rings (SSSR count). The van der Waals surface area contributed by atoms with Crippen molar-refractivity contribution in [2.24, 2.45) is 0 Å². The van der Waals surface area contributed by atoms with Gasteiger partial charge in [0.15, 0.2) is 5.82 Å². The molecular formula is C17H19N5O2S. The SMILES string of the molecule is C[C@@H](NC(=O)CSc1nnc(C2CC2)n1N)c1cc2ccccc2o1. The highest BCUT2D eigenvalue weighted by Gasteiger charge is 2.30. The Balaban J connectivity index is 1.35. The number of nitrogens with zero attached hydrogens (tertiary/aromatic N) is 3. The molecule has 1 atom stereocenters. The average molecular weight is 357 g/mol. The summed E-state index contributed by atoms with van der Waals surface area (Å²) in [7, 11) is 0. The van der Waals surface area contributed by atoms with Crippen LogP contribution in [0.15, 0.2) is 39.9 Å². The van der Waals surface area contributed by atoms with Gasteiger partial charge in [0.1, 0.15) is 11.3 Å². The number of nitrogens with one attached hydrogen (secondary N) is 1. The molecule has 2 heterocycles. The highest BCUT2D eigenvalue weighted by atomic mass is 32.2. The van der Waals surface area contributed by atoms with Gasteiger partial charge in [-0.25, -0.2) is 4.68 Å². The summed E-state index contributed by atoms with van der Waals surface area (Å²) in [6, 6.07) is 9.52. The predicted molar refractivity (Wildman–Crippen MR) is 95.6 cm³/mol. The number of rotatable bonds is 6. The van der Waals surface area contributed by atoms with E-state index in [9.17, 15) is 4.79 Å². The van der Waals surface area contributed by atoms with Gasteiger partial charge in [0, 0.05) is 11.3 Å². The van der Waals surface area contributed by atoms with Crippen LogP contribution in [-0.2, 0) is 4.79 Å². The summed E-state index contributed by atoms with van der Waals surface area (Å²) in [6.07, 6.45) is 2.21. The Kier molecular flexibility index (Phi) is 4.12. The van der Waals surface area contributed by atoms with E-state index < -0.39 is 0 Å². The molecule has 8 heteroatoms. The van der Waals surface area contributed by atoms with Crippen LogP contribution in [0.3, 0.4) is 0 Å². The largest absolute Gasteiger partial charge is 0.459 e. The number of nitrogens with two attached hydrogens (primary N) is 1. The number of aromatic nitrogens is 3. The van der Waals surface area contributed by atoms with Crippen molar-refractivity contribution in [3.63, 3.8) is 0 Å². The van der Waals surface area contributed by atoms with Crippen molar-refractivity contribution < 1.29 is 9.21 Å². The second-order valence-corrected chi connectivity index (χ2v) is 7.19. The maximum absolute atomic E-state index is 12.2. The smallest absolute Gasteiger partial charge is 0.231 e. The summed E-state index contributed by atoms with van der Waals surface area (Å²) in [5, 5.41) is 12.7. The maximum atomic E-state index is 12.2. The fourth-order valence-corrected chi connectivity index (χ4v) is 3.38. The van der Waals surface area contributed by atoms with Crippen LogP contribution in [0.1, 0.15) is 43.3 Å². The van der Waals surface area contributed by atoms with Crippen LogP contribution in [0.4, 0.5) is 0 Å². The van der Waals surface area contributed by atoms with Crippen molar-refractivity contribution in [1.82, 2.24) is 20.2 Å². The van der Waals surface area contributed by atoms with E-state index in [4.69, 9.17) is 10.3 Å². The maximum Gasteiger partial charge on any atom is 0.231 e. The molecule has 1 aromatic carbocycles. The molecule has 0 bridgehead atoms. The molecule has 1 aliphatic rings. The van der Waals surface area contributed by atoms with Gasteiger partial charge in [-0.05, 0) is 31.9 Å². The summed E-state index contributed by atoms with van der Waals surface area (Å²) in [5.41, 5.74) is 0.816. The lowest BCUT2D eigenvalue weighted by atomic mass is 10.2. The first kappa shape index (κ1) is 16.0. The second-order valence-electron chi connectivity index (χ2n) is 6.25. The van der Waals surface area contributed by atoms with E-state index in [2.05, 4.69) is 15.5 Å². The minimum absolute atomic E-state index is 0.103. The quantitative estimate of drug-likeness (QED) is 0.520. The lowest BCUT2D eigenvalue weighted by Gasteiger charge is -2.11. The number of amides is 1. The molecule has 3 N–H and O–H groups in total. The number of furan rings is 1.